The van der Waals surface area contributed by atoms with Crippen LogP contribution in [-0.4, -0.2) is 66.4 Å². The molecule has 1 aromatic heterocycles. The molecule has 28 heavy (non-hydrogen) atoms. The fraction of sp³-hybridized carbons (Fsp3) is 0.737. The third-order valence-corrected chi connectivity index (χ3v) is 5.36. The van der Waals surface area contributed by atoms with Crippen molar-refractivity contribution in [3.63, 3.8) is 0 Å². The van der Waals surface area contributed by atoms with Gasteiger partial charge in [0.1, 0.15) is 6.10 Å². The van der Waals surface area contributed by atoms with Gasteiger partial charge >= 0.3 is 0 Å². The van der Waals surface area contributed by atoms with Crippen LogP contribution in [0, 0.1) is 5.92 Å². The van der Waals surface area contributed by atoms with E-state index < -0.39 is 0 Å². The van der Waals surface area contributed by atoms with E-state index in [-0.39, 0.29) is 41.9 Å². The van der Waals surface area contributed by atoms with Crippen molar-refractivity contribution in [3.05, 3.63) is 18.0 Å². The van der Waals surface area contributed by atoms with Crippen LogP contribution in [0.4, 0.5) is 0 Å². The van der Waals surface area contributed by atoms with Gasteiger partial charge in [0.15, 0.2) is 5.96 Å². The Morgan fingerprint density at radius 2 is 2.04 bits per heavy atom. The lowest BCUT2D eigenvalue weighted by Gasteiger charge is -2.34. The minimum Gasteiger partial charge on any atom is -0.370 e. The number of halogens is 1. The van der Waals surface area contributed by atoms with Gasteiger partial charge in [-0.05, 0) is 12.8 Å². The first-order valence-corrected chi connectivity index (χ1v) is 10.0. The van der Waals surface area contributed by atoms with Gasteiger partial charge in [0, 0.05) is 51.4 Å². The highest BCUT2D eigenvalue weighted by Gasteiger charge is 2.25. The molecule has 1 saturated carbocycles. The van der Waals surface area contributed by atoms with Gasteiger partial charge in [-0.1, -0.05) is 19.3 Å². The number of hydrogen-bond donors (Lipinski definition) is 2. The minimum atomic E-state index is -0.00277. The number of aromatic nitrogens is 2. The quantitative estimate of drug-likeness (QED) is 0.276. The molecule has 2 aliphatic rings. The average Bonchev–Trinajstić information content (AvgIpc) is 3.15. The maximum atomic E-state index is 12.2. The molecule has 0 radical (unpaired) electrons. The van der Waals surface area contributed by atoms with Crippen LogP contribution in [0.25, 0.3) is 0 Å². The van der Waals surface area contributed by atoms with Crippen LogP contribution in [0.1, 0.15) is 43.8 Å². The second-order valence-electron chi connectivity index (χ2n) is 7.35. The topological polar surface area (TPSA) is 83.8 Å². The molecule has 1 saturated heterocycles. The summed E-state index contributed by atoms with van der Waals surface area (Å²) in [6.07, 6.45) is 9.53. The number of amides is 1. The van der Waals surface area contributed by atoms with Crippen LogP contribution in [0.3, 0.4) is 0 Å². The lowest BCUT2D eigenvalue weighted by molar-refractivity contribution is -0.125. The van der Waals surface area contributed by atoms with Gasteiger partial charge in [-0.25, -0.2) is 0 Å². The van der Waals surface area contributed by atoms with Gasteiger partial charge in [0.25, 0.3) is 0 Å². The molecule has 2 fully saturated rings. The number of ether oxygens (including phenoxy) is 1. The number of nitrogens with one attached hydrogen (secondary N) is 2. The fourth-order valence-corrected chi connectivity index (χ4v) is 3.85. The number of aliphatic imine (C=N–C) groups is 1. The van der Waals surface area contributed by atoms with Crippen LogP contribution >= 0.6 is 24.0 Å². The van der Waals surface area contributed by atoms with Gasteiger partial charge < -0.3 is 20.3 Å². The Labute approximate surface area is 184 Å². The SMILES string of the molecule is CN=C(NCCNC(=O)C1CCCCC1)N1CCOC(c2cnn(C)c2)C1.I. The van der Waals surface area contributed by atoms with E-state index >= 15 is 0 Å². The van der Waals surface area contributed by atoms with Crippen molar-refractivity contribution < 1.29 is 9.53 Å². The molecule has 158 valence electrons. The van der Waals surface area contributed by atoms with Gasteiger partial charge in [-0.2, -0.15) is 5.10 Å². The smallest absolute Gasteiger partial charge is 0.223 e. The Balaban J connectivity index is 0.00000280. The second-order valence-corrected chi connectivity index (χ2v) is 7.35. The molecule has 1 unspecified atom stereocenters. The van der Waals surface area contributed by atoms with Crippen LogP contribution in [0.2, 0.25) is 0 Å². The first kappa shape index (κ1) is 22.9. The molecule has 1 aliphatic carbocycles. The van der Waals surface area contributed by atoms with E-state index in [1.54, 1.807) is 11.7 Å². The number of morpholine rings is 1. The van der Waals surface area contributed by atoms with Gasteiger partial charge in [0.05, 0.1) is 19.3 Å². The summed E-state index contributed by atoms with van der Waals surface area (Å²) in [5.41, 5.74) is 1.08. The summed E-state index contributed by atoms with van der Waals surface area (Å²) in [4.78, 5) is 18.8. The maximum Gasteiger partial charge on any atom is 0.223 e. The van der Waals surface area contributed by atoms with E-state index in [0.29, 0.717) is 19.7 Å². The first-order chi connectivity index (χ1) is 13.2. The molecule has 1 aromatic rings. The zero-order valence-electron chi connectivity index (χ0n) is 16.9. The molecule has 0 aromatic carbocycles. The third-order valence-electron chi connectivity index (χ3n) is 5.36. The van der Waals surface area contributed by atoms with Crippen LogP contribution in [-0.2, 0) is 16.6 Å². The molecule has 1 aliphatic heterocycles. The largest absolute Gasteiger partial charge is 0.370 e. The molecule has 3 rings (SSSR count). The zero-order valence-corrected chi connectivity index (χ0v) is 19.2. The number of carbonyl (C=O) groups excluding carboxylic acids is 1. The van der Waals surface area contributed by atoms with E-state index in [0.717, 1.165) is 37.5 Å². The Kier molecular flexibility index (Phi) is 9.49. The number of nitrogens with zero attached hydrogens (tertiary/aromatic N) is 4. The zero-order chi connectivity index (χ0) is 19.1. The fourth-order valence-electron chi connectivity index (χ4n) is 3.85. The predicted octanol–water partition coefficient (Wildman–Crippen LogP) is 1.68. The monoisotopic (exact) mass is 504 g/mol. The predicted molar refractivity (Wildman–Crippen MR) is 120 cm³/mol. The Morgan fingerprint density at radius 3 is 2.71 bits per heavy atom. The average molecular weight is 504 g/mol. The lowest BCUT2D eigenvalue weighted by atomic mass is 9.89. The van der Waals surface area contributed by atoms with E-state index in [2.05, 4.69) is 25.6 Å². The summed E-state index contributed by atoms with van der Waals surface area (Å²) in [7, 11) is 3.70. The molecule has 2 N–H and O–H groups in total. The molecule has 8 nitrogen and oxygen atoms in total. The number of guanidine groups is 1. The highest BCUT2D eigenvalue weighted by molar-refractivity contribution is 14.0. The summed E-state index contributed by atoms with van der Waals surface area (Å²) in [6, 6.07) is 0. The Morgan fingerprint density at radius 1 is 1.29 bits per heavy atom. The summed E-state index contributed by atoms with van der Waals surface area (Å²) in [5, 5.41) is 10.7. The van der Waals surface area contributed by atoms with Crippen LogP contribution in [0.5, 0.6) is 0 Å². The molecule has 0 spiro atoms. The molecular weight excluding hydrogens is 471 g/mol. The summed E-state index contributed by atoms with van der Waals surface area (Å²) >= 11 is 0. The molecule has 9 heteroatoms. The first-order valence-electron chi connectivity index (χ1n) is 10.0. The van der Waals surface area contributed by atoms with Crippen molar-refractivity contribution >= 4 is 35.8 Å². The summed E-state index contributed by atoms with van der Waals surface area (Å²) in [5.74, 6) is 1.26. The molecule has 2 heterocycles. The second kappa shape index (κ2) is 11.6. The molecular formula is C19H33IN6O2. The van der Waals surface area contributed by atoms with E-state index in [9.17, 15) is 4.79 Å². The number of rotatable bonds is 5. The summed E-state index contributed by atoms with van der Waals surface area (Å²) in [6.45, 7) is 3.47. The van der Waals surface area contributed by atoms with Crippen molar-refractivity contribution in [1.82, 2.24) is 25.3 Å². The molecule has 0 bridgehead atoms. The van der Waals surface area contributed by atoms with Crippen molar-refractivity contribution in [2.24, 2.45) is 18.0 Å². The number of carbonyl (C=O) groups is 1. The normalized spacial score (nSPS) is 21.1. The van der Waals surface area contributed by atoms with Crippen molar-refractivity contribution in [1.29, 1.82) is 0 Å². The Hall–Kier alpha value is -1.36. The van der Waals surface area contributed by atoms with Crippen LogP contribution in [0.15, 0.2) is 17.4 Å². The highest BCUT2D eigenvalue weighted by atomic mass is 127. The molecule has 1 atom stereocenters. The highest BCUT2D eigenvalue weighted by Crippen LogP contribution is 2.23. The van der Waals surface area contributed by atoms with Crippen molar-refractivity contribution in [3.8, 4) is 0 Å². The Bertz CT molecular complexity index is 644. The standard InChI is InChI=1S/C19H32N6O2.HI/c1-20-19(22-9-8-21-18(26)15-6-4-3-5-7-15)25-10-11-27-17(14-25)16-12-23-24(2)13-16;/h12-13,15,17H,3-11,14H2,1-2H3,(H,20,22)(H,21,26);1H. The molecule has 1 amide bonds. The van der Waals surface area contributed by atoms with Gasteiger partial charge in [-0.15, -0.1) is 24.0 Å². The van der Waals surface area contributed by atoms with Gasteiger partial charge in [-0.3, -0.25) is 14.5 Å². The van der Waals surface area contributed by atoms with Gasteiger partial charge in [0.2, 0.25) is 5.91 Å². The lowest BCUT2D eigenvalue weighted by Crippen LogP contribution is -2.49. The van der Waals surface area contributed by atoms with E-state index in [1.807, 2.05) is 19.4 Å². The van der Waals surface area contributed by atoms with E-state index in [4.69, 9.17) is 4.74 Å². The maximum absolute atomic E-state index is 12.2. The van der Waals surface area contributed by atoms with Crippen molar-refractivity contribution in [2.75, 3.05) is 39.8 Å². The number of aryl methyl sites for hydroxylation is 1. The van der Waals surface area contributed by atoms with Crippen molar-refractivity contribution in [2.45, 2.75) is 38.2 Å². The third kappa shape index (κ3) is 6.33. The summed E-state index contributed by atoms with van der Waals surface area (Å²) < 4.78 is 7.68. The minimum absolute atomic E-state index is 0. The number of hydrogen-bond acceptors (Lipinski definition) is 4. The van der Waals surface area contributed by atoms with Crippen LogP contribution < -0.4 is 10.6 Å². The van der Waals surface area contributed by atoms with E-state index in [1.165, 1.54) is 19.3 Å².